The quantitative estimate of drug-likeness (QED) is 0.465. The molecule has 9 heteroatoms. The summed E-state index contributed by atoms with van der Waals surface area (Å²) in [6.07, 6.45) is 0. The van der Waals surface area contributed by atoms with Gasteiger partial charge in [-0.1, -0.05) is 35.5 Å². The van der Waals surface area contributed by atoms with Gasteiger partial charge in [0.1, 0.15) is 5.82 Å². The minimum Gasteiger partial charge on any atom is -0.383 e. The Morgan fingerprint density at radius 2 is 1.84 bits per heavy atom. The molecule has 0 saturated heterocycles. The number of carbonyl (C=O) groups is 1. The summed E-state index contributed by atoms with van der Waals surface area (Å²) in [7, 11) is 1.63. The summed E-state index contributed by atoms with van der Waals surface area (Å²) in [6, 6.07) is 13.2. The van der Waals surface area contributed by atoms with E-state index in [1.807, 2.05) is 30.5 Å². The van der Waals surface area contributed by atoms with Crippen molar-refractivity contribution in [2.75, 3.05) is 13.7 Å². The van der Waals surface area contributed by atoms with Crippen LogP contribution in [0.2, 0.25) is 5.02 Å². The van der Waals surface area contributed by atoms with Crippen molar-refractivity contribution < 1.29 is 13.9 Å². The smallest absolute Gasteiger partial charge is 0.233 e. The summed E-state index contributed by atoms with van der Waals surface area (Å²) in [5, 5.41) is 12.4. The molecule has 0 radical (unpaired) electrons. The topological polar surface area (TPSA) is 69.0 Å². The number of halogens is 2. The molecule has 0 aliphatic carbocycles. The van der Waals surface area contributed by atoms with Gasteiger partial charge in [0.15, 0.2) is 11.0 Å². The van der Waals surface area contributed by atoms with Gasteiger partial charge in [-0.3, -0.25) is 9.36 Å². The van der Waals surface area contributed by atoms with E-state index in [1.165, 1.54) is 23.9 Å². The Labute approximate surface area is 190 Å². The van der Waals surface area contributed by atoms with E-state index in [1.54, 1.807) is 31.4 Å². The van der Waals surface area contributed by atoms with Crippen LogP contribution in [0, 0.1) is 5.82 Å². The Hall–Kier alpha value is -2.42. The van der Waals surface area contributed by atoms with Crippen molar-refractivity contribution in [2.24, 2.45) is 0 Å². The molecular formula is C22H24ClFN4O2S. The average Bonchev–Trinajstić information content (AvgIpc) is 3.15. The van der Waals surface area contributed by atoms with E-state index in [0.29, 0.717) is 29.2 Å². The molecule has 1 aromatic heterocycles. The van der Waals surface area contributed by atoms with Crippen molar-refractivity contribution in [1.82, 2.24) is 20.1 Å². The third-order valence-electron chi connectivity index (χ3n) is 4.72. The Morgan fingerprint density at radius 1 is 1.16 bits per heavy atom. The van der Waals surface area contributed by atoms with E-state index in [4.69, 9.17) is 16.3 Å². The number of aromatic nitrogens is 3. The fourth-order valence-corrected chi connectivity index (χ4v) is 3.96. The van der Waals surface area contributed by atoms with E-state index < -0.39 is 5.25 Å². The van der Waals surface area contributed by atoms with Crippen LogP contribution in [0.1, 0.15) is 25.5 Å². The summed E-state index contributed by atoms with van der Waals surface area (Å²) in [4.78, 5) is 12.7. The van der Waals surface area contributed by atoms with Gasteiger partial charge < -0.3 is 10.1 Å². The third kappa shape index (κ3) is 6.06. The molecule has 3 aromatic rings. The molecule has 0 saturated carbocycles. The lowest BCUT2D eigenvalue weighted by Crippen LogP contribution is -2.33. The highest BCUT2D eigenvalue weighted by molar-refractivity contribution is 8.00. The molecule has 2 aromatic carbocycles. The summed E-state index contributed by atoms with van der Waals surface area (Å²) >= 11 is 7.32. The van der Waals surface area contributed by atoms with Crippen LogP contribution in [0.15, 0.2) is 53.7 Å². The number of thioether (sulfide) groups is 1. The van der Waals surface area contributed by atoms with Crippen molar-refractivity contribution in [2.45, 2.75) is 36.8 Å². The second kappa shape index (κ2) is 10.7. The van der Waals surface area contributed by atoms with Gasteiger partial charge in [-0.05, 0) is 55.8 Å². The Balaban J connectivity index is 1.73. The number of benzene rings is 2. The summed E-state index contributed by atoms with van der Waals surface area (Å²) < 4.78 is 20.3. The first-order valence-electron chi connectivity index (χ1n) is 9.79. The molecule has 2 atom stereocenters. The van der Waals surface area contributed by atoms with Crippen LogP contribution in [0.3, 0.4) is 0 Å². The van der Waals surface area contributed by atoms with E-state index >= 15 is 0 Å². The van der Waals surface area contributed by atoms with E-state index in [0.717, 1.165) is 11.1 Å². The molecule has 0 unspecified atom stereocenters. The fraction of sp³-hybridized carbons (Fsp3) is 0.318. The lowest BCUT2D eigenvalue weighted by Gasteiger charge is -2.18. The Kier molecular flexibility index (Phi) is 8.06. The van der Waals surface area contributed by atoms with Crippen LogP contribution in [-0.4, -0.2) is 39.6 Å². The molecule has 6 nitrogen and oxygen atoms in total. The first kappa shape index (κ1) is 23.2. The SMILES string of the molecule is COCCn1c(S[C@@H](C)C(=O)N[C@@H](C)c2ccc(F)cc2)nnc1-c1ccc(Cl)cc1. The zero-order chi connectivity index (χ0) is 22.4. The van der Waals surface area contributed by atoms with Crippen LogP contribution in [0.25, 0.3) is 11.4 Å². The zero-order valence-corrected chi connectivity index (χ0v) is 19.1. The number of rotatable bonds is 9. The van der Waals surface area contributed by atoms with Gasteiger partial charge in [-0.2, -0.15) is 0 Å². The van der Waals surface area contributed by atoms with E-state index in [2.05, 4.69) is 15.5 Å². The largest absolute Gasteiger partial charge is 0.383 e. The highest BCUT2D eigenvalue weighted by atomic mass is 35.5. The van der Waals surface area contributed by atoms with E-state index in [9.17, 15) is 9.18 Å². The van der Waals surface area contributed by atoms with Gasteiger partial charge in [0.2, 0.25) is 5.91 Å². The standard InChI is InChI=1S/C22H24ClFN4O2S/c1-14(16-6-10-19(24)11-7-16)25-21(29)15(2)31-22-27-26-20(28(22)12-13-30-3)17-4-8-18(23)9-5-17/h4-11,14-15H,12-13H2,1-3H3,(H,25,29)/t14-,15-/m0/s1. The normalized spacial score (nSPS) is 13.1. The number of amides is 1. The summed E-state index contributed by atoms with van der Waals surface area (Å²) in [6.45, 7) is 4.70. The maximum absolute atomic E-state index is 13.1. The number of nitrogens with one attached hydrogen (secondary N) is 1. The van der Waals surface area contributed by atoms with Crippen molar-refractivity contribution in [3.63, 3.8) is 0 Å². The highest BCUT2D eigenvalue weighted by Crippen LogP contribution is 2.28. The fourth-order valence-electron chi connectivity index (χ4n) is 2.95. The molecule has 1 heterocycles. The molecule has 0 aliphatic heterocycles. The highest BCUT2D eigenvalue weighted by Gasteiger charge is 2.22. The zero-order valence-electron chi connectivity index (χ0n) is 17.5. The third-order valence-corrected chi connectivity index (χ3v) is 6.05. The monoisotopic (exact) mass is 462 g/mol. The lowest BCUT2D eigenvalue weighted by molar-refractivity contribution is -0.120. The molecule has 0 bridgehead atoms. The van der Waals surface area contributed by atoms with Crippen molar-refractivity contribution in [3.05, 3.63) is 64.9 Å². The minimum atomic E-state index is -0.411. The maximum Gasteiger partial charge on any atom is 0.233 e. The predicted octanol–water partition coefficient (Wildman–Crippen LogP) is 4.74. The molecule has 0 fully saturated rings. The number of hydrogen-bond donors (Lipinski definition) is 1. The van der Waals surface area contributed by atoms with Crippen molar-refractivity contribution >= 4 is 29.3 Å². The van der Waals surface area contributed by atoms with Crippen LogP contribution >= 0.6 is 23.4 Å². The van der Waals surface area contributed by atoms with Gasteiger partial charge in [0, 0.05) is 17.7 Å². The second-order valence-corrected chi connectivity index (χ2v) is 8.74. The molecule has 31 heavy (non-hydrogen) atoms. The number of hydrogen-bond acceptors (Lipinski definition) is 5. The van der Waals surface area contributed by atoms with Crippen LogP contribution in [0.5, 0.6) is 0 Å². The molecule has 164 valence electrons. The lowest BCUT2D eigenvalue weighted by atomic mass is 10.1. The average molecular weight is 463 g/mol. The van der Waals surface area contributed by atoms with Crippen LogP contribution in [0.4, 0.5) is 4.39 Å². The molecule has 0 aliphatic rings. The van der Waals surface area contributed by atoms with Crippen molar-refractivity contribution in [3.8, 4) is 11.4 Å². The maximum atomic E-state index is 13.1. The van der Waals surface area contributed by atoms with E-state index in [-0.39, 0.29) is 17.8 Å². The Bertz CT molecular complexity index is 1010. The van der Waals surface area contributed by atoms with Gasteiger partial charge >= 0.3 is 0 Å². The van der Waals surface area contributed by atoms with Gasteiger partial charge in [-0.25, -0.2) is 4.39 Å². The van der Waals surface area contributed by atoms with Crippen molar-refractivity contribution in [1.29, 1.82) is 0 Å². The summed E-state index contributed by atoms with van der Waals surface area (Å²) in [5.41, 5.74) is 1.71. The number of carbonyl (C=O) groups excluding carboxylic acids is 1. The molecular weight excluding hydrogens is 439 g/mol. The van der Waals surface area contributed by atoms with Crippen LogP contribution < -0.4 is 5.32 Å². The number of methoxy groups -OCH3 is 1. The number of nitrogens with zero attached hydrogens (tertiary/aromatic N) is 3. The molecule has 1 N–H and O–H groups in total. The molecule has 0 spiro atoms. The van der Waals surface area contributed by atoms with Gasteiger partial charge in [0.05, 0.1) is 24.4 Å². The minimum absolute atomic E-state index is 0.142. The molecule has 1 amide bonds. The summed E-state index contributed by atoms with van der Waals surface area (Å²) in [5.74, 6) is 0.234. The second-order valence-electron chi connectivity index (χ2n) is 7.00. The van der Waals surface area contributed by atoms with Gasteiger partial charge in [0.25, 0.3) is 0 Å². The first-order valence-corrected chi connectivity index (χ1v) is 11.1. The Morgan fingerprint density at radius 3 is 2.48 bits per heavy atom. The van der Waals surface area contributed by atoms with Crippen LogP contribution in [-0.2, 0) is 16.1 Å². The molecule has 3 rings (SSSR count). The van der Waals surface area contributed by atoms with Gasteiger partial charge in [-0.15, -0.1) is 10.2 Å². The first-order chi connectivity index (χ1) is 14.9. The predicted molar refractivity (Wildman–Crippen MR) is 121 cm³/mol. The number of ether oxygens (including phenoxy) is 1.